The third-order valence-electron chi connectivity index (χ3n) is 4.52. The van der Waals surface area contributed by atoms with Gasteiger partial charge in [-0.15, -0.1) is 11.3 Å². The molecule has 0 bridgehead atoms. The van der Waals surface area contributed by atoms with Gasteiger partial charge in [-0.1, -0.05) is 12.1 Å². The molecule has 1 N–H and O–H groups in total. The van der Waals surface area contributed by atoms with Gasteiger partial charge in [0, 0.05) is 30.6 Å². The fourth-order valence-corrected chi connectivity index (χ4v) is 4.11. The van der Waals surface area contributed by atoms with Crippen molar-refractivity contribution in [2.24, 2.45) is 0 Å². The number of benzene rings is 1. The van der Waals surface area contributed by atoms with Crippen molar-refractivity contribution in [3.63, 3.8) is 0 Å². The summed E-state index contributed by atoms with van der Waals surface area (Å²) in [5.74, 6) is -0.544. The lowest BCUT2D eigenvalue weighted by molar-refractivity contribution is -0.142. The van der Waals surface area contributed by atoms with E-state index in [1.807, 2.05) is 24.3 Å². The number of nitrogens with one attached hydrogen (secondary N) is 1. The largest absolute Gasteiger partial charge is 0.466 e. The van der Waals surface area contributed by atoms with Crippen molar-refractivity contribution in [1.82, 2.24) is 9.88 Å². The molecule has 0 unspecified atom stereocenters. The quantitative estimate of drug-likeness (QED) is 0.697. The Labute approximate surface area is 175 Å². The highest BCUT2D eigenvalue weighted by Gasteiger charge is 2.22. The molecule has 1 aliphatic heterocycles. The molecule has 2 aromatic rings. The maximum Gasteiger partial charge on any atom is 0.311 e. The van der Waals surface area contributed by atoms with E-state index in [1.165, 1.54) is 11.3 Å². The molecule has 29 heavy (non-hydrogen) atoms. The topological polar surface area (TPSA) is 80.8 Å². The average molecular weight is 418 g/mol. The first kappa shape index (κ1) is 21.4. The Hall–Kier alpha value is -2.29. The van der Waals surface area contributed by atoms with Crippen LogP contribution in [0.1, 0.15) is 42.4 Å². The molecule has 2 atom stereocenters. The molecule has 1 fully saturated rings. The lowest BCUT2D eigenvalue weighted by Crippen LogP contribution is -2.44. The number of aromatic nitrogens is 1. The molecule has 0 radical (unpaired) electrons. The molecular formula is C21H27N3O4S. The van der Waals surface area contributed by atoms with Crippen molar-refractivity contribution in [1.29, 1.82) is 0 Å². The molecule has 3 rings (SSSR count). The Morgan fingerprint density at radius 3 is 2.59 bits per heavy atom. The zero-order valence-corrected chi connectivity index (χ0v) is 17.8. The molecule has 1 aliphatic rings. The Morgan fingerprint density at radius 1 is 1.24 bits per heavy atom. The number of ether oxygens (including phenoxy) is 2. The van der Waals surface area contributed by atoms with Crippen LogP contribution in [-0.2, 0) is 27.2 Å². The van der Waals surface area contributed by atoms with Crippen molar-refractivity contribution < 1.29 is 19.1 Å². The summed E-state index contributed by atoms with van der Waals surface area (Å²) in [7, 11) is 0. The van der Waals surface area contributed by atoms with Crippen molar-refractivity contribution in [3.05, 3.63) is 46.5 Å². The molecule has 0 aliphatic carbocycles. The van der Waals surface area contributed by atoms with Gasteiger partial charge in [-0.25, -0.2) is 4.98 Å². The third-order valence-corrected chi connectivity index (χ3v) is 5.33. The first-order valence-electron chi connectivity index (χ1n) is 9.81. The van der Waals surface area contributed by atoms with E-state index in [4.69, 9.17) is 9.47 Å². The predicted molar refractivity (Wildman–Crippen MR) is 112 cm³/mol. The highest BCUT2D eigenvalue weighted by Crippen LogP contribution is 2.18. The van der Waals surface area contributed by atoms with Crippen molar-refractivity contribution >= 4 is 28.3 Å². The van der Waals surface area contributed by atoms with Gasteiger partial charge >= 0.3 is 5.97 Å². The van der Waals surface area contributed by atoms with Gasteiger partial charge in [0.1, 0.15) is 0 Å². The molecule has 7 nitrogen and oxygen atoms in total. The lowest BCUT2D eigenvalue weighted by Gasteiger charge is -2.35. The number of anilines is 1. The summed E-state index contributed by atoms with van der Waals surface area (Å²) < 4.78 is 10.7. The number of nitrogens with zero attached hydrogens (tertiary/aromatic N) is 2. The van der Waals surface area contributed by atoms with Crippen LogP contribution in [0.2, 0.25) is 0 Å². The number of hydrogen-bond donors (Lipinski definition) is 1. The van der Waals surface area contributed by atoms with Crippen LogP contribution in [0, 0.1) is 0 Å². The minimum atomic E-state index is -0.324. The number of amides is 1. The number of esters is 1. The van der Waals surface area contributed by atoms with Gasteiger partial charge in [0.15, 0.2) is 5.13 Å². The van der Waals surface area contributed by atoms with Crippen LogP contribution in [0.3, 0.4) is 0 Å². The molecule has 1 aromatic heterocycles. The Morgan fingerprint density at radius 2 is 1.93 bits per heavy atom. The monoisotopic (exact) mass is 417 g/mol. The van der Waals surface area contributed by atoms with E-state index in [2.05, 4.69) is 29.0 Å². The molecule has 2 heterocycles. The fraction of sp³-hybridized carbons (Fsp3) is 0.476. The van der Waals surface area contributed by atoms with Crippen LogP contribution < -0.4 is 5.32 Å². The van der Waals surface area contributed by atoms with Gasteiger partial charge in [-0.2, -0.15) is 0 Å². The van der Waals surface area contributed by atoms with Gasteiger partial charge in [0.05, 0.1) is 30.9 Å². The molecule has 0 spiro atoms. The SMILES string of the molecule is CCOC(=O)Cc1csc(NC(=O)c2ccc(CN3C[C@H](C)O[C@@H](C)C3)cc2)n1. The predicted octanol–water partition coefficient (Wildman–Crippen LogP) is 3.11. The first-order chi connectivity index (χ1) is 13.9. The minimum Gasteiger partial charge on any atom is -0.466 e. The summed E-state index contributed by atoms with van der Waals surface area (Å²) in [6.45, 7) is 8.93. The lowest BCUT2D eigenvalue weighted by atomic mass is 10.1. The molecule has 0 saturated carbocycles. The van der Waals surface area contributed by atoms with Gasteiger partial charge in [0.2, 0.25) is 0 Å². The Bertz CT molecular complexity index is 827. The van der Waals surface area contributed by atoms with Crippen LogP contribution in [0.4, 0.5) is 5.13 Å². The van der Waals surface area contributed by atoms with Crippen LogP contribution >= 0.6 is 11.3 Å². The van der Waals surface area contributed by atoms with E-state index in [0.29, 0.717) is 23.0 Å². The summed E-state index contributed by atoms with van der Waals surface area (Å²) in [5.41, 5.74) is 2.32. The maximum atomic E-state index is 12.5. The molecule has 156 valence electrons. The number of carbonyl (C=O) groups excluding carboxylic acids is 2. The second-order valence-corrected chi connectivity index (χ2v) is 8.09. The molecule has 1 amide bonds. The number of rotatable bonds is 7. The highest BCUT2D eigenvalue weighted by molar-refractivity contribution is 7.14. The van der Waals surface area contributed by atoms with Gasteiger partial charge in [-0.3, -0.25) is 19.8 Å². The minimum absolute atomic E-state index is 0.105. The highest BCUT2D eigenvalue weighted by atomic mass is 32.1. The van der Waals surface area contributed by atoms with Gasteiger partial charge in [-0.05, 0) is 38.5 Å². The van der Waals surface area contributed by atoms with Crippen molar-refractivity contribution in [3.8, 4) is 0 Å². The Balaban J connectivity index is 1.54. The Kier molecular flexibility index (Phi) is 7.35. The van der Waals surface area contributed by atoms with E-state index in [1.54, 1.807) is 12.3 Å². The molecule has 1 aromatic carbocycles. The van der Waals surface area contributed by atoms with Crippen LogP contribution in [-0.4, -0.2) is 53.7 Å². The number of thiazole rings is 1. The van der Waals surface area contributed by atoms with E-state index in [9.17, 15) is 9.59 Å². The number of carbonyl (C=O) groups is 2. The third kappa shape index (κ3) is 6.35. The van der Waals surface area contributed by atoms with E-state index in [-0.39, 0.29) is 30.5 Å². The maximum absolute atomic E-state index is 12.5. The normalized spacial score (nSPS) is 19.7. The second kappa shape index (κ2) is 9.96. The number of morpholine rings is 1. The zero-order chi connectivity index (χ0) is 20.8. The van der Waals surface area contributed by atoms with E-state index >= 15 is 0 Å². The molecular weight excluding hydrogens is 390 g/mol. The summed E-state index contributed by atoms with van der Waals surface area (Å²) in [4.78, 5) is 30.6. The van der Waals surface area contributed by atoms with Crippen molar-refractivity contribution in [2.45, 2.75) is 45.9 Å². The first-order valence-corrected chi connectivity index (χ1v) is 10.7. The van der Waals surface area contributed by atoms with Crippen LogP contribution in [0.25, 0.3) is 0 Å². The summed E-state index contributed by atoms with van der Waals surface area (Å²) in [6, 6.07) is 7.61. The number of hydrogen-bond acceptors (Lipinski definition) is 7. The molecule has 1 saturated heterocycles. The van der Waals surface area contributed by atoms with Crippen LogP contribution in [0.5, 0.6) is 0 Å². The summed E-state index contributed by atoms with van der Waals surface area (Å²) in [5, 5.41) is 5.00. The van der Waals surface area contributed by atoms with Gasteiger partial charge < -0.3 is 9.47 Å². The van der Waals surface area contributed by atoms with Crippen LogP contribution in [0.15, 0.2) is 29.6 Å². The molecule has 8 heteroatoms. The smallest absolute Gasteiger partial charge is 0.311 e. The fourth-order valence-electron chi connectivity index (χ4n) is 3.41. The summed E-state index contributed by atoms with van der Waals surface area (Å²) in [6.07, 6.45) is 0.569. The van der Waals surface area contributed by atoms with Gasteiger partial charge in [0.25, 0.3) is 5.91 Å². The van der Waals surface area contributed by atoms with E-state index < -0.39 is 0 Å². The second-order valence-electron chi connectivity index (χ2n) is 7.23. The van der Waals surface area contributed by atoms with Crippen molar-refractivity contribution in [2.75, 3.05) is 25.0 Å². The van der Waals surface area contributed by atoms with E-state index in [0.717, 1.165) is 25.2 Å². The zero-order valence-electron chi connectivity index (χ0n) is 17.0. The average Bonchev–Trinajstić information content (AvgIpc) is 3.08. The standard InChI is InChI=1S/C21H27N3O4S/c1-4-27-19(25)9-18-13-29-21(22-18)23-20(26)17-7-5-16(6-8-17)12-24-10-14(2)28-15(3)11-24/h5-8,13-15H,4,9-12H2,1-3H3,(H,22,23,26)/t14-,15-/m0/s1. The summed E-state index contributed by atoms with van der Waals surface area (Å²) >= 11 is 1.29.